The molecular formula is C11H16N2O6. The molecule has 1 heterocycles. The van der Waals surface area contributed by atoms with Crippen molar-refractivity contribution in [2.45, 2.75) is 37.8 Å². The molecule has 1 aliphatic heterocycles. The second-order valence-corrected chi connectivity index (χ2v) is 4.17. The molecule has 8 nitrogen and oxygen atoms in total. The first-order chi connectivity index (χ1) is 8.93. The van der Waals surface area contributed by atoms with Crippen molar-refractivity contribution in [3.05, 3.63) is 0 Å². The van der Waals surface area contributed by atoms with Crippen molar-refractivity contribution in [1.29, 1.82) is 0 Å². The average Bonchev–Trinajstić information content (AvgIpc) is 2.80. The van der Waals surface area contributed by atoms with E-state index in [1.807, 2.05) is 0 Å². The summed E-state index contributed by atoms with van der Waals surface area (Å²) in [5.41, 5.74) is 0. The van der Waals surface area contributed by atoms with Crippen LogP contribution in [0.3, 0.4) is 0 Å². The van der Waals surface area contributed by atoms with Crippen molar-refractivity contribution in [3.63, 3.8) is 0 Å². The summed E-state index contributed by atoms with van der Waals surface area (Å²) in [4.78, 5) is 44.6. The van der Waals surface area contributed by atoms with E-state index in [1.165, 1.54) is 7.11 Å². The Kier molecular flexibility index (Phi) is 5.28. The summed E-state index contributed by atoms with van der Waals surface area (Å²) in [6.07, 6.45) is 0.422. The molecule has 8 heteroatoms. The molecule has 106 valence electrons. The topological polar surface area (TPSA) is 122 Å². The summed E-state index contributed by atoms with van der Waals surface area (Å²) in [5, 5.41) is 13.7. The molecule has 1 aliphatic rings. The van der Waals surface area contributed by atoms with Crippen LogP contribution in [-0.2, 0) is 23.9 Å². The van der Waals surface area contributed by atoms with Crippen LogP contribution in [0, 0.1) is 0 Å². The van der Waals surface area contributed by atoms with Crippen LogP contribution in [0.25, 0.3) is 0 Å². The lowest BCUT2D eigenvalue weighted by Crippen LogP contribution is -2.48. The van der Waals surface area contributed by atoms with E-state index in [9.17, 15) is 19.2 Å². The van der Waals surface area contributed by atoms with Crippen LogP contribution < -0.4 is 10.6 Å². The molecule has 0 spiro atoms. The number of carboxylic acids is 1. The first-order valence-electron chi connectivity index (χ1n) is 5.83. The molecule has 0 saturated carbocycles. The third-order valence-electron chi connectivity index (χ3n) is 2.79. The Morgan fingerprint density at radius 2 is 2.21 bits per heavy atom. The van der Waals surface area contributed by atoms with Gasteiger partial charge in [-0.3, -0.25) is 14.4 Å². The molecule has 3 N–H and O–H groups in total. The molecule has 1 rings (SSSR count). The van der Waals surface area contributed by atoms with E-state index in [-0.39, 0.29) is 25.2 Å². The van der Waals surface area contributed by atoms with Gasteiger partial charge in [0, 0.05) is 12.8 Å². The van der Waals surface area contributed by atoms with Crippen LogP contribution in [0.1, 0.15) is 25.7 Å². The van der Waals surface area contributed by atoms with Crippen LogP contribution in [0.4, 0.5) is 0 Å². The number of carbonyl (C=O) groups excluding carboxylic acids is 3. The van der Waals surface area contributed by atoms with Gasteiger partial charge >= 0.3 is 11.9 Å². The van der Waals surface area contributed by atoms with Gasteiger partial charge in [0.25, 0.3) is 0 Å². The summed E-state index contributed by atoms with van der Waals surface area (Å²) in [5.74, 6) is -2.57. The third kappa shape index (κ3) is 4.57. The highest BCUT2D eigenvalue weighted by atomic mass is 16.5. The molecule has 2 atom stereocenters. The number of rotatable bonds is 6. The normalized spacial score (nSPS) is 19.4. The highest BCUT2D eigenvalue weighted by Crippen LogP contribution is 2.08. The lowest BCUT2D eigenvalue weighted by molar-refractivity contribution is -0.144. The number of esters is 1. The second kappa shape index (κ2) is 6.72. The van der Waals surface area contributed by atoms with Crippen LogP contribution in [0.5, 0.6) is 0 Å². The maximum Gasteiger partial charge on any atom is 0.326 e. The fourth-order valence-corrected chi connectivity index (χ4v) is 1.70. The molecule has 1 unspecified atom stereocenters. The fraction of sp³-hybridized carbons (Fsp3) is 0.636. The number of carbonyl (C=O) groups is 4. The summed E-state index contributed by atoms with van der Waals surface area (Å²) in [7, 11) is 1.20. The van der Waals surface area contributed by atoms with E-state index in [4.69, 9.17) is 5.11 Å². The number of carboxylic acid groups (broad SMARTS) is 1. The summed E-state index contributed by atoms with van der Waals surface area (Å²) < 4.78 is 4.40. The number of amides is 2. The molecule has 0 radical (unpaired) electrons. The Balaban J connectivity index is 2.48. The van der Waals surface area contributed by atoms with Gasteiger partial charge in [0.1, 0.15) is 12.1 Å². The zero-order chi connectivity index (χ0) is 14.4. The summed E-state index contributed by atoms with van der Waals surface area (Å²) in [6, 6.07) is -1.88. The van der Waals surface area contributed by atoms with Crippen LogP contribution in [-0.4, -0.2) is 48.1 Å². The zero-order valence-corrected chi connectivity index (χ0v) is 10.5. The van der Waals surface area contributed by atoms with Gasteiger partial charge in [0.15, 0.2) is 0 Å². The van der Waals surface area contributed by atoms with E-state index in [0.29, 0.717) is 6.42 Å². The monoisotopic (exact) mass is 272 g/mol. The maximum atomic E-state index is 11.7. The SMILES string of the molecule is COC(=O)CCC(NC(=O)[C@H]1CCC(=O)N1)C(=O)O. The maximum absolute atomic E-state index is 11.7. The van der Waals surface area contributed by atoms with Crippen molar-refractivity contribution < 1.29 is 29.0 Å². The van der Waals surface area contributed by atoms with Gasteiger partial charge in [-0.05, 0) is 12.8 Å². The first-order valence-corrected chi connectivity index (χ1v) is 5.83. The van der Waals surface area contributed by atoms with Crippen molar-refractivity contribution in [2.75, 3.05) is 7.11 Å². The minimum atomic E-state index is -1.23. The minimum absolute atomic E-state index is 0.0611. The van der Waals surface area contributed by atoms with Crippen LogP contribution in [0.15, 0.2) is 0 Å². The first kappa shape index (κ1) is 14.9. The van der Waals surface area contributed by atoms with Crippen molar-refractivity contribution in [3.8, 4) is 0 Å². The third-order valence-corrected chi connectivity index (χ3v) is 2.79. The second-order valence-electron chi connectivity index (χ2n) is 4.17. The lowest BCUT2D eigenvalue weighted by Gasteiger charge is -2.16. The Morgan fingerprint density at radius 1 is 1.53 bits per heavy atom. The van der Waals surface area contributed by atoms with Crippen molar-refractivity contribution in [1.82, 2.24) is 10.6 Å². The molecule has 1 saturated heterocycles. The molecule has 0 bridgehead atoms. The molecule has 0 aromatic carbocycles. The van der Waals surface area contributed by atoms with Gasteiger partial charge in [-0.25, -0.2) is 4.79 Å². The Hall–Kier alpha value is -2.12. The quantitative estimate of drug-likeness (QED) is 0.521. The molecule has 2 amide bonds. The number of nitrogens with one attached hydrogen (secondary N) is 2. The smallest absolute Gasteiger partial charge is 0.326 e. The number of methoxy groups -OCH3 is 1. The lowest BCUT2D eigenvalue weighted by atomic mass is 10.1. The number of hydrogen-bond acceptors (Lipinski definition) is 5. The van der Waals surface area contributed by atoms with E-state index in [0.717, 1.165) is 0 Å². The van der Waals surface area contributed by atoms with Gasteiger partial charge in [-0.1, -0.05) is 0 Å². The standard InChI is InChI=1S/C11H16N2O6/c1-19-9(15)5-3-7(11(17)18)13-10(16)6-2-4-8(14)12-6/h6-7H,2-5H2,1H3,(H,12,14)(H,13,16)(H,17,18)/t6-,7?/m1/s1. The predicted molar refractivity (Wildman–Crippen MR) is 62.0 cm³/mol. The Labute approximate surface area is 109 Å². The summed E-state index contributed by atoms with van der Waals surface area (Å²) >= 11 is 0. The molecule has 0 aromatic heterocycles. The molecule has 0 aliphatic carbocycles. The predicted octanol–water partition coefficient (Wildman–Crippen LogP) is -1.21. The van der Waals surface area contributed by atoms with E-state index in [2.05, 4.69) is 15.4 Å². The van der Waals surface area contributed by atoms with Gasteiger partial charge in [0.05, 0.1) is 7.11 Å². The summed E-state index contributed by atoms with van der Waals surface area (Å²) in [6.45, 7) is 0. The fourth-order valence-electron chi connectivity index (χ4n) is 1.70. The highest BCUT2D eigenvalue weighted by molar-refractivity contribution is 5.92. The highest BCUT2D eigenvalue weighted by Gasteiger charge is 2.30. The molecule has 19 heavy (non-hydrogen) atoms. The number of aliphatic carboxylic acids is 1. The number of ether oxygens (including phenoxy) is 1. The van der Waals surface area contributed by atoms with E-state index < -0.39 is 29.9 Å². The average molecular weight is 272 g/mol. The van der Waals surface area contributed by atoms with Crippen LogP contribution in [0.2, 0.25) is 0 Å². The number of hydrogen-bond donors (Lipinski definition) is 3. The van der Waals surface area contributed by atoms with E-state index in [1.54, 1.807) is 0 Å². The Bertz CT molecular complexity index is 395. The van der Waals surface area contributed by atoms with Gasteiger partial charge in [0.2, 0.25) is 11.8 Å². The zero-order valence-electron chi connectivity index (χ0n) is 10.5. The largest absolute Gasteiger partial charge is 0.480 e. The van der Waals surface area contributed by atoms with Crippen LogP contribution >= 0.6 is 0 Å². The molecule has 0 aromatic rings. The minimum Gasteiger partial charge on any atom is -0.480 e. The van der Waals surface area contributed by atoms with Crippen molar-refractivity contribution in [2.24, 2.45) is 0 Å². The van der Waals surface area contributed by atoms with Crippen molar-refractivity contribution >= 4 is 23.8 Å². The van der Waals surface area contributed by atoms with Gasteiger partial charge < -0.3 is 20.5 Å². The van der Waals surface area contributed by atoms with Gasteiger partial charge in [-0.2, -0.15) is 0 Å². The molecule has 1 fully saturated rings. The van der Waals surface area contributed by atoms with Gasteiger partial charge in [-0.15, -0.1) is 0 Å². The van der Waals surface area contributed by atoms with E-state index >= 15 is 0 Å². The molecular weight excluding hydrogens is 256 g/mol. The Morgan fingerprint density at radius 3 is 2.68 bits per heavy atom.